The van der Waals surface area contributed by atoms with E-state index >= 15 is 0 Å². The van der Waals surface area contributed by atoms with Crippen LogP contribution in [0.1, 0.15) is 0 Å². The van der Waals surface area contributed by atoms with Crippen LogP contribution < -0.4 is 4.74 Å². The number of benzene rings is 2. The lowest BCUT2D eigenvalue weighted by Gasteiger charge is -2.07. The van der Waals surface area contributed by atoms with Crippen LogP contribution in [0.15, 0.2) is 54.9 Å². The van der Waals surface area contributed by atoms with Crippen LogP contribution in [-0.4, -0.2) is 26.7 Å². The highest BCUT2D eigenvalue weighted by Crippen LogP contribution is 2.25. The fraction of sp³-hybridized carbons (Fsp3) is 0.0625. The van der Waals surface area contributed by atoms with Gasteiger partial charge in [0.1, 0.15) is 17.9 Å². The van der Waals surface area contributed by atoms with Crippen LogP contribution in [0.2, 0.25) is 0 Å². The smallest absolute Gasteiger partial charge is 0.171 e. The zero-order valence-corrected chi connectivity index (χ0v) is 11.4. The molecule has 102 valence electrons. The van der Waals surface area contributed by atoms with Crippen molar-refractivity contribution in [1.82, 2.24) is 19.6 Å². The molecule has 0 bridgehead atoms. The average Bonchev–Trinajstić information content (AvgIpc) is 3.04. The normalized spacial score (nSPS) is 11.1. The first-order valence-electron chi connectivity index (χ1n) is 6.60. The Hall–Kier alpha value is -2.95. The van der Waals surface area contributed by atoms with E-state index < -0.39 is 0 Å². The summed E-state index contributed by atoms with van der Waals surface area (Å²) in [5.74, 6) is 1.64. The number of methoxy groups -OCH3 is 1. The number of ether oxygens (including phenoxy) is 1. The third kappa shape index (κ3) is 1.82. The highest BCUT2D eigenvalue weighted by Gasteiger charge is 2.11. The Labute approximate surface area is 120 Å². The van der Waals surface area contributed by atoms with Crippen molar-refractivity contribution in [2.75, 3.05) is 7.11 Å². The maximum atomic E-state index is 5.20. The lowest BCUT2D eigenvalue weighted by Crippen LogP contribution is -1.97. The predicted octanol–water partition coefficient (Wildman–Crippen LogP) is 2.95. The minimum Gasteiger partial charge on any atom is -0.497 e. The summed E-state index contributed by atoms with van der Waals surface area (Å²) in [5, 5.41) is 9.23. The molecule has 4 aromatic rings. The van der Waals surface area contributed by atoms with Gasteiger partial charge < -0.3 is 4.74 Å². The van der Waals surface area contributed by atoms with Gasteiger partial charge in [0.25, 0.3) is 0 Å². The Bertz CT molecular complexity index is 928. The van der Waals surface area contributed by atoms with Gasteiger partial charge >= 0.3 is 0 Å². The van der Waals surface area contributed by atoms with Crippen LogP contribution >= 0.6 is 0 Å². The van der Waals surface area contributed by atoms with Crippen molar-refractivity contribution in [2.45, 2.75) is 0 Å². The maximum Gasteiger partial charge on any atom is 0.171 e. The Morgan fingerprint density at radius 1 is 1.00 bits per heavy atom. The Kier molecular flexibility index (Phi) is 2.57. The van der Waals surface area contributed by atoms with Crippen LogP contribution in [-0.2, 0) is 0 Å². The fourth-order valence-corrected chi connectivity index (χ4v) is 2.45. The molecule has 0 aliphatic carbocycles. The van der Waals surface area contributed by atoms with Crippen molar-refractivity contribution in [3.8, 4) is 17.1 Å². The monoisotopic (exact) mass is 276 g/mol. The van der Waals surface area contributed by atoms with Crippen molar-refractivity contribution in [3.05, 3.63) is 54.9 Å². The van der Waals surface area contributed by atoms with E-state index in [0.717, 1.165) is 33.7 Å². The van der Waals surface area contributed by atoms with Crippen molar-refractivity contribution in [1.29, 1.82) is 0 Å². The standard InChI is InChI=1S/C16H12N4O/c1-21-12-8-6-11(7-9-12)15-18-14-5-3-2-4-13(14)16-19-17-10-20(15)16/h2-10H,1H3. The maximum absolute atomic E-state index is 5.20. The lowest BCUT2D eigenvalue weighted by atomic mass is 10.1. The Balaban J connectivity index is 2.03. The molecule has 5 nitrogen and oxygen atoms in total. The Morgan fingerprint density at radius 2 is 1.81 bits per heavy atom. The van der Waals surface area contributed by atoms with E-state index in [1.54, 1.807) is 13.4 Å². The molecule has 2 aromatic carbocycles. The molecule has 0 aliphatic rings. The van der Waals surface area contributed by atoms with E-state index in [2.05, 4.69) is 10.2 Å². The number of rotatable bonds is 2. The SMILES string of the molecule is COc1ccc(-c2nc3ccccc3c3nncn23)cc1. The van der Waals surface area contributed by atoms with E-state index in [4.69, 9.17) is 9.72 Å². The molecule has 0 N–H and O–H groups in total. The quantitative estimate of drug-likeness (QED) is 0.565. The molecule has 0 aliphatic heterocycles. The van der Waals surface area contributed by atoms with Crippen molar-refractivity contribution in [2.24, 2.45) is 0 Å². The molecule has 0 saturated carbocycles. The molecular formula is C16H12N4O. The van der Waals surface area contributed by atoms with Gasteiger partial charge in [-0.2, -0.15) is 0 Å². The van der Waals surface area contributed by atoms with Crippen molar-refractivity contribution in [3.63, 3.8) is 0 Å². The number of nitrogens with zero attached hydrogens (tertiary/aromatic N) is 4. The second kappa shape index (κ2) is 4.56. The Morgan fingerprint density at radius 3 is 2.62 bits per heavy atom. The second-order valence-corrected chi connectivity index (χ2v) is 4.71. The summed E-state index contributed by atoms with van der Waals surface area (Å²) in [5.41, 5.74) is 2.71. The van der Waals surface area contributed by atoms with Gasteiger partial charge in [0.05, 0.1) is 12.6 Å². The van der Waals surface area contributed by atoms with Crippen LogP contribution in [0.4, 0.5) is 0 Å². The summed E-state index contributed by atoms with van der Waals surface area (Å²) in [7, 11) is 1.65. The van der Waals surface area contributed by atoms with Crippen LogP contribution in [0.25, 0.3) is 27.9 Å². The molecule has 4 rings (SSSR count). The first-order chi connectivity index (χ1) is 10.4. The summed E-state index contributed by atoms with van der Waals surface area (Å²) in [6, 6.07) is 15.7. The predicted molar refractivity (Wildman–Crippen MR) is 80.3 cm³/mol. The highest BCUT2D eigenvalue weighted by molar-refractivity contribution is 5.92. The van der Waals surface area contributed by atoms with E-state index in [0.29, 0.717) is 0 Å². The third-order valence-electron chi connectivity index (χ3n) is 3.50. The number of fused-ring (bicyclic) bond motifs is 3. The van der Waals surface area contributed by atoms with Gasteiger partial charge in [-0.15, -0.1) is 10.2 Å². The third-order valence-corrected chi connectivity index (χ3v) is 3.50. The summed E-state index contributed by atoms with van der Waals surface area (Å²) in [4.78, 5) is 4.74. The summed E-state index contributed by atoms with van der Waals surface area (Å²) >= 11 is 0. The summed E-state index contributed by atoms with van der Waals surface area (Å²) in [6.07, 6.45) is 1.69. The molecule has 21 heavy (non-hydrogen) atoms. The molecule has 0 spiro atoms. The first-order valence-corrected chi connectivity index (χ1v) is 6.60. The van der Waals surface area contributed by atoms with E-state index in [-0.39, 0.29) is 0 Å². The van der Waals surface area contributed by atoms with Crippen LogP contribution in [0, 0.1) is 0 Å². The summed E-state index contributed by atoms with van der Waals surface area (Å²) in [6.45, 7) is 0. The molecular weight excluding hydrogens is 264 g/mol. The van der Waals surface area contributed by atoms with E-state index in [1.807, 2.05) is 52.9 Å². The molecule has 0 fully saturated rings. The number of hydrogen-bond donors (Lipinski definition) is 0. The van der Waals surface area contributed by atoms with Crippen LogP contribution in [0.5, 0.6) is 5.75 Å². The number of para-hydroxylation sites is 1. The van der Waals surface area contributed by atoms with Crippen molar-refractivity contribution >= 4 is 16.6 Å². The van der Waals surface area contributed by atoms with E-state index in [9.17, 15) is 0 Å². The van der Waals surface area contributed by atoms with Gasteiger partial charge in [-0.3, -0.25) is 4.40 Å². The van der Waals surface area contributed by atoms with Gasteiger partial charge in [0.15, 0.2) is 5.65 Å². The van der Waals surface area contributed by atoms with Gasteiger partial charge in [-0.05, 0) is 36.4 Å². The fourth-order valence-electron chi connectivity index (χ4n) is 2.45. The molecule has 0 saturated heterocycles. The first kappa shape index (κ1) is 11.8. The van der Waals surface area contributed by atoms with E-state index in [1.165, 1.54) is 0 Å². The van der Waals surface area contributed by atoms with Gasteiger partial charge in [0, 0.05) is 10.9 Å². The second-order valence-electron chi connectivity index (χ2n) is 4.71. The average molecular weight is 276 g/mol. The zero-order chi connectivity index (χ0) is 14.2. The minimum absolute atomic E-state index is 0.811. The van der Waals surface area contributed by atoms with Gasteiger partial charge in [0.2, 0.25) is 0 Å². The molecule has 5 heteroatoms. The van der Waals surface area contributed by atoms with Crippen LogP contribution in [0.3, 0.4) is 0 Å². The van der Waals surface area contributed by atoms with Crippen molar-refractivity contribution < 1.29 is 4.74 Å². The van der Waals surface area contributed by atoms with Gasteiger partial charge in [-0.25, -0.2) is 4.98 Å². The molecule has 0 unspecified atom stereocenters. The number of aromatic nitrogens is 4. The van der Waals surface area contributed by atoms with Gasteiger partial charge in [-0.1, -0.05) is 12.1 Å². The topological polar surface area (TPSA) is 52.3 Å². The molecule has 0 radical (unpaired) electrons. The molecule has 2 heterocycles. The lowest BCUT2D eigenvalue weighted by molar-refractivity contribution is 0.415. The zero-order valence-electron chi connectivity index (χ0n) is 11.4. The minimum atomic E-state index is 0.811. The number of hydrogen-bond acceptors (Lipinski definition) is 4. The molecule has 0 atom stereocenters. The highest BCUT2D eigenvalue weighted by atomic mass is 16.5. The summed E-state index contributed by atoms with van der Waals surface area (Å²) < 4.78 is 7.10. The largest absolute Gasteiger partial charge is 0.497 e. The molecule has 2 aromatic heterocycles. The molecule has 0 amide bonds.